The van der Waals surface area contributed by atoms with Crippen molar-refractivity contribution in [2.45, 2.75) is 27.7 Å². The van der Waals surface area contributed by atoms with Crippen LogP contribution >= 0.6 is 0 Å². The summed E-state index contributed by atoms with van der Waals surface area (Å²) in [6.45, 7) is 24.0. The third-order valence-corrected chi connectivity index (χ3v) is 5.93. The largest absolute Gasteiger partial charge is 0.465 e. The SMILES string of the molecule is C=COc1cc(-c2ccc(OC(=O)C(=C)C)c(OC(=O)C(=C)C)c2)ccc1-c1ccc(OC(=O)C(=C)C)c(OC(=O)C(=C)C)c1. The predicted molar refractivity (Wildman–Crippen MR) is 170 cm³/mol. The van der Waals surface area contributed by atoms with Crippen LogP contribution in [0.25, 0.3) is 22.3 Å². The lowest BCUT2D eigenvalue weighted by Crippen LogP contribution is -2.13. The highest BCUT2D eigenvalue weighted by Crippen LogP contribution is 2.41. The van der Waals surface area contributed by atoms with E-state index in [1.54, 1.807) is 30.3 Å². The average molecular weight is 609 g/mol. The topological polar surface area (TPSA) is 114 Å². The van der Waals surface area contributed by atoms with E-state index in [0.29, 0.717) is 28.0 Å². The Morgan fingerprint density at radius 1 is 0.489 bits per heavy atom. The molecule has 0 N–H and O–H groups in total. The summed E-state index contributed by atoms with van der Waals surface area (Å²) >= 11 is 0. The van der Waals surface area contributed by atoms with Crippen molar-refractivity contribution >= 4 is 23.9 Å². The number of hydrogen-bond donors (Lipinski definition) is 0. The molecule has 230 valence electrons. The second-order valence-electron chi connectivity index (χ2n) is 10.00. The van der Waals surface area contributed by atoms with E-state index in [4.69, 9.17) is 23.7 Å². The summed E-state index contributed by atoms with van der Waals surface area (Å²) in [5.74, 6) is -2.42. The highest BCUT2D eigenvalue weighted by molar-refractivity contribution is 5.93. The number of ether oxygens (including phenoxy) is 5. The van der Waals surface area contributed by atoms with Gasteiger partial charge in [-0.25, -0.2) is 19.2 Å². The molecule has 0 amide bonds. The molecule has 0 fully saturated rings. The van der Waals surface area contributed by atoms with Crippen LogP contribution in [0.15, 0.2) is 116 Å². The summed E-state index contributed by atoms with van der Waals surface area (Å²) in [5, 5.41) is 0. The molecule has 0 aliphatic rings. The summed E-state index contributed by atoms with van der Waals surface area (Å²) in [6.07, 6.45) is 1.24. The van der Waals surface area contributed by atoms with Gasteiger partial charge in [-0.3, -0.25) is 0 Å². The Morgan fingerprint density at radius 2 is 0.822 bits per heavy atom. The Hall–Kier alpha value is -5.96. The van der Waals surface area contributed by atoms with E-state index in [-0.39, 0.29) is 45.3 Å². The Bertz CT molecular complexity index is 1770. The van der Waals surface area contributed by atoms with Crippen LogP contribution in [-0.4, -0.2) is 23.9 Å². The number of carbonyl (C=O) groups is 4. The maximum absolute atomic E-state index is 12.4. The predicted octanol–water partition coefficient (Wildman–Crippen LogP) is 7.47. The van der Waals surface area contributed by atoms with E-state index in [0.717, 1.165) is 0 Å². The number of benzene rings is 3. The Kier molecular flexibility index (Phi) is 10.8. The Labute approximate surface area is 261 Å². The van der Waals surface area contributed by atoms with Gasteiger partial charge in [0.25, 0.3) is 0 Å². The molecular weight excluding hydrogens is 576 g/mol. The molecule has 45 heavy (non-hydrogen) atoms. The lowest BCUT2D eigenvalue weighted by molar-refractivity contribution is -0.132. The normalized spacial score (nSPS) is 10.1. The van der Waals surface area contributed by atoms with Crippen molar-refractivity contribution in [1.82, 2.24) is 0 Å². The molecule has 0 aliphatic heterocycles. The highest BCUT2D eigenvalue weighted by Gasteiger charge is 2.20. The first-order chi connectivity index (χ1) is 21.2. The molecule has 0 bridgehead atoms. The van der Waals surface area contributed by atoms with Gasteiger partial charge in [0.2, 0.25) is 0 Å². The molecule has 0 heterocycles. The van der Waals surface area contributed by atoms with Crippen LogP contribution in [0.5, 0.6) is 28.7 Å². The lowest BCUT2D eigenvalue weighted by atomic mass is 9.98. The minimum atomic E-state index is -0.710. The van der Waals surface area contributed by atoms with Crippen LogP contribution in [0.4, 0.5) is 0 Å². The fraction of sp³-hybridized carbons (Fsp3) is 0.111. The minimum absolute atomic E-state index is 0.00534. The first-order valence-corrected chi connectivity index (χ1v) is 13.4. The number of esters is 4. The first-order valence-electron chi connectivity index (χ1n) is 13.4. The molecule has 0 aromatic heterocycles. The second kappa shape index (κ2) is 14.5. The Balaban J connectivity index is 2.11. The van der Waals surface area contributed by atoms with Gasteiger partial charge in [0.15, 0.2) is 23.0 Å². The van der Waals surface area contributed by atoms with Gasteiger partial charge >= 0.3 is 23.9 Å². The molecule has 0 unspecified atom stereocenters. The van der Waals surface area contributed by atoms with Gasteiger partial charge in [0.1, 0.15) is 5.75 Å². The van der Waals surface area contributed by atoms with Gasteiger partial charge in [-0.1, -0.05) is 57.2 Å². The lowest BCUT2D eigenvalue weighted by Gasteiger charge is -2.16. The molecule has 9 heteroatoms. The van der Waals surface area contributed by atoms with E-state index < -0.39 is 23.9 Å². The summed E-state index contributed by atoms with van der Waals surface area (Å²) in [7, 11) is 0. The average Bonchev–Trinajstić information content (AvgIpc) is 2.98. The summed E-state index contributed by atoms with van der Waals surface area (Å²) in [6, 6.07) is 14.6. The monoisotopic (exact) mass is 608 g/mol. The first kappa shape index (κ1) is 33.5. The third kappa shape index (κ3) is 8.55. The van der Waals surface area contributed by atoms with E-state index in [2.05, 4.69) is 32.9 Å². The maximum Gasteiger partial charge on any atom is 0.338 e. The van der Waals surface area contributed by atoms with Crippen LogP contribution in [0.1, 0.15) is 27.7 Å². The van der Waals surface area contributed by atoms with Crippen LogP contribution in [0.2, 0.25) is 0 Å². The molecule has 0 atom stereocenters. The number of hydrogen-bond acceptors (Lipinski definition) is 9. The van der Waals surface area contributed by atoms with Crippen LogP contribution in [0, 0.1) is 0 Å². The molecule has 0 saturated carbocycles. The molecule has 3 aromatic rings. The van der Waals surface area contributed by atoms with Gasteiger partial charge in [-0.05, 0) is 74.7 Å². The van der Waals surface area contributed by atoms with E-state index >= 15 is 0 Å². The third-order valence-electron chi connectivity index (χ3n) is 5.93. The maximum atomic E-state index is 12.4. The molecule has 3 aromatic carbocycles. The van der Waals surface area contributed by atoms with Gasteiger partial charge in [-0.2, -0.15) is 0 Å². The summed E-state index contributed by atoms with van der Waals surface area (Å²) in [4.78, 5) is 49.1. The van der Waals surface area contributed by atoms with Crippen molar-refractivity contribution in [1.29, 1.82) is 0 Å². The Morgan fingerprint density at radius 3 is 1.22 bits per heavy atom. The van der Waals surface area contributed by atoms with Crippen molar-refractivity contribution in [3.63, 3.8) is 0 Å². The summed E-state index contributed by atoms with van der Waals surface area (Å²) in [5.41, 5.74) is 2.98. The van der Waals surface area contributed by atoms with Crippen LogP contribution in [-0.2, 0) is 19.2 Å². The molecule has 0 radical (unpaired) electrons. The summed E-state index contributed by atoms with van der Waals surface area (Å²) < 4.78 is 27.4. The molecule has 0 spiro atoms. The van der Waals surface area contributed by atoms with Crippen molar-refractivity contribution in [2.24, 2.45) is 0 Å². The van der Waals surface area contributed by atoms with Crippen molar-refractivity contribution in [2.75, 3.05) is 0 Å². The van der Waals surface area contributed by atoms with Crippen molar-refractivity contribution in [3.8, 4) is 51.0 Å². The molecule has 9 nitrogen and oxygen atoms in total. The van der Waals surface area contributed by atoms with Gasteiger partial charge in [-0.15, -0.1) is 0 Å². The minimum Gasteiger partial charge on any atom is -0.465 e. The quantitative estimate of drug-likeness (QED) is 0.0894. The van der Waals surface area contributed by atoms with Gasteiger partial charge in [0, 0.05) is 27.9 Å². The van der Waals surface area contributed by atoms with Crippen LogP contribution in [0.3, 0.4) is 0 Å². The van der Waals surface area contributed by atoms with Crippen LogP contribution < -0.4 is 23.7 Å². The fourth-order valence-corrected chi connectivity index (χ4v) is 3.57. The van der Waals surface area contributed by atoms with E-state index in [1.807, 2.05) is 0 Å². The van der Waals surface area contributed by atoms with E-state index in [9.17, 15) is 19.2 Å². The zero-order valence-corrected chi connectivity index (χ0v) is 25.5. The molecule has 3 rings (SSSR count). The number of carbonyl (C=O) groups excluding carboxylic acids is 4. The number of rotatable bonds is 12. The standard InChI is InChI=1S/C36H32O9/c1-10-41-30-17-24(25-12-15-28(42-33(37)20(2)3)31(18-25)44-35(39)22(6)7)11-14-27(30)26-13-16-29(43-34(38)21(4)5)32(19-26)45-36(40)23(8)9/h10-19H,1-2,4,6,8H2,3,5,7,9H3. The van der Waals surface area contributed by atoms with Gasteiger partial charge in [0.05, 0.1) is 6.26 Å². The highest BCUT2D eigenvalue weighted by atomic mass is 16.6. The smallest absolute Gasteiger partial charge is 0.338 e. The van der Waals surface area contributed by atoms with E-state index in [1.165, 1.54) is 58.2 Å². The fourth-order valence-electron chi connectivity index (χ4n) is 3.57. The molecule has 0 saturated heterocycles. The van der Waals surface area contributed by atoms with Crippen molar-refractivity contribution < 1.29 is 42.9 Å². The molecular formula is C36H32O9. The van der Waals surface area contributed by atoms with Gasteiger partial charge < -0.3 is 23.7 Å². The van der Waals surface area contributed by atoms with Crippen molar-refractivity contribution in [3.05, 3.63) is 116 Å². The zero-order chi connectivity index (χ0) is 33.4. The second-order valence-corrected chi connectivity index (χ2v) is 10.00. The molecule has 0 aliphatic carbocycles. The zero-order valence-electron chi connectivity index (χ0n) is 25.5.